The van der Waals surface area contributed by atoms with Gasteiger partial charge in [0.2, 0.25) is 0 Å². The van der Waals surface area contributed by atoms with Gasteiger partial charge < -0.3 is 20.1 Å². The molecule has 2 aromatic carbocycles. The van der Waals surface area contributed by atoms with E-state index in [1.807, 2.05) is 44.2 Å². The third-order valence-electron chi connectivity index (χ3n) is 7.11. The monoisotopic (exact) mass is 527 g/mol. The Labute approximate surface area is 226 Å². The summed E-state index contributed by atoms with van der Waals surface area (Å²) >= 11 is 0. The first-order valence-corrected chi connectivity index (χ1v) is 12.9. The molecule has 5 rings (SSSR count). The van der Waals surface area contributed by atoms with E-state index in [1.54, 1.807) is 25.4 Å². The Morgan fingerprint density at radius 2 is 1.92 bits per heavy atom. The molecule has 8 heteroatoms. The second-order valence-corrected chi connectivity index (χ2v) is 9.70. The molecular weight excluding hydrogens is 497 g/mol. The number of dihydropyridines is 1. The predicted molar refractivity (Wildman–Crippen MR) is 146 cm³/mol. The van der Waals surface area contributed by atoms with Crippen LogP contribution in [0.15, 0.2) is 83.3 Å². The summed E-state index contributed by atoms with van der Waals surface area (Å²) in [6.07, 6.45) is 3.56. The van der Waals surface area contributed by atoms with Crippen LogP contribution in [0.5, 0.6) is 11.5 Å². The molecule has 1 atom stereocenters. The Morgan fingerprint density at radius 3 is 2.67 bits per heavy atom. The lowest BCUT2D eigenvalue weighted by Gasteiger charge is -2.34. The van der Waals surface area contributed by atoms with E-state index in [1.165, 1.54) is 12.1 Å². The first-order valence-electron chi connectivity index (χ1n) is 12.9. The third-order valence-corrected chi connectivity index (χ3v) is 7.11. The number of ether oxygens (including phenoxy) is 2. The first kappa shape index (κ1) is 26.2. The topological polar surface area (TPSA) is 89.5 Å². The average Bonchev–Trinajstić information content (AvgIpc) is 2.93. The van der Waals surface area contributed by atoms with E-state index in [4.69, 9.17) is 9.47 Å². The number of aryl methyl sites for hydroxylation is 1. The van der Waals surface area contributed by atoms with Crippen molar-refractivity contribution in [1.29, 1.82) is 0 Å². The van der Waals surface area contributed by atoms with Crippen LogP contribution in [0.3, 0.4) is 0 Å². The second kappa shape index (κ2) is 11.1. The number of aromatic nitrogens is 1. The van der Waals surface area contributed by atoms with Gasteiger partial charge in [-0.3, -0.25) is 9.59 Å². The van der Waals surface area contributed by atoms with Crippen LogP contribution in [0.1, 0.15) is 48.8 Å². The molecular formula is C31H30FN3O4. The molecule has 2 N–H and O–H groups in total. The van der Waals surface area contributed by atoms with E-state index in [2.05, 4.69) is 15.6 Å². The molecule has 0 saturated heterocycles. The highest BCUT2D eigenvalue weighted by Gasteiger charge is 2.38. The molecule has 39 heavy (non-hydrogen) atoms. The number of benzene rings is 2. The van der Waals surface area contributed by atoms with Crippen molar-refractivity contribution in [3.63, 3.8) is 0 Å². The molecule has 1 aliphatic heterocycles. The van der Waals surface area contributed by atoms with Crippen molar-refractivity contribution in [2.24, 2.45) is 0 Å². The Hall–Kier alpha value is -4.46. The van der Waals surface area contributed by atoms with Gasteiger partial charge in [-0.25, -0.2) is 9.37 Å². The van der Waals surface area contributed by atoms with Gasteiger partial charge in [0.15, 0.2) is 5.78 Å². The molecule has 2 aliphatic rings. The number of amides is 1. The van der Waals surface area contributed by atoms with Gasteiger partial charge in [0, 0.05) is 46.6 Å². The van der Waals surface area contributed by atoms with Gasteiger partial charge in [-0.05, 0) is 80.3 Å². The van der Waals surface area contributed by atoms with E-state index < -0.39 is 5.92 Å². The highest BCUT2D eigenvalue weighted by molar-refractivity contribution is 6.09. The standard InChI is InChI=1S/C31H30FN3O4/c1-18-6-5-15-33-30(18)35-31(37)27-19(2)34-24-7-4-8-25(36)29(24)28(27)20-9-14-26(38-3)21(16-20)17-39-23-12-10-22(32)11-13-23/h5-6,9-16,28,34H,4,7-8,17H2,1-3H3,(H,33,35,37). The number of nitrogens with zero attached hydrogens (tertiary/aromatic N) is 1. The van der Waals surface area contributed by atoms with E-state index >= 15 is 0 Å². The molecule has 1 amide bonds. The smallest absolute Gasteiger partial charge is 0.255 e. The predicted octanol–water partition coefficient (Wildman–Crippen LogP) is 5.72. The SMILES string of the molecule is COc1ccc(C2C(C(=O)Nc3ncccc3C)=C(C)NC3=C2C(=O)CCC3)cc1COc1ccc(F)cc1. The zero-order chi connectivity index (χ0) is 27.5. The number of rotatable bonds is 7. The molecule has 3 aromatic rings. The Morgan fingerprint density at radius 1 is 1.13 bits per heavy atom. The molecule has 1 unspecified atom stereocenters. The van der Waals surface area contributed by atoms with E-state index in [0.29, 0.717) is 40.6 Å². The van der Waals surface area contributed by atoms with E-state index in [-0.39, 0.29) is 24.1 Å². The summed E-state index contributed by atoms with van der Waals surface area (Å²) < 4.78 is 24.8. The van der Waals surface area contributed by atoms with Crippen LogP contribution >= 0.6 is 0 Å². The number of carbonyl (C=O) groups excluding carboxylic acids is 2. The number of hydrogen-bond acceptors (Lipinski definition) is 6. The minimum atomic E-state index is -0.575. The molecule has 2 heterocycles. The molecule has 0 bridgehead atoms. The highest BCUT2D eigenvalue weighted by Crippen LogP contribution is 2.43. The molecule has 0 radical (unpaired) electrons. The number of methoxy groups -OCH3 is 1. The number of pyridine rings is 1. The van der Waals surface area contributed by atoms with Crippen molar-refractivity contribution in [1.82, 2.24) is 10.3 Å². The van der Waals surface area contributed by atoms with Gasteiger partial charge in [0.1, 0.15) is 29.7 Å². The Kier molecular flexibility index (Phi) is 7.45. The third kappa shape index (κ3) is 5.41. The molecule has 1 aliphatic carbocycles. The van der Waals surface area contributed by atoms with Crippen LogP contribution in [-0.2, 0) is 16.2 Å². The van der Waals surface area contributed by atoms with E-state index in [0.717, 1.165) is 35.2 Å². The van der Waals surface area contributed by atoms with Crippen molar-refractivity contribution in [2.75, 3.05) is 12.4 Å². The van der Waals surface area contributed by atoms with Gasteiger partial charge in [-0.15, -0.1) is 0 Å². The number of nitrogens with one attached hydrogen (secondary N) is 2. The van der Waals surface area contributed by atoms with Gasteiger partial charge in [0.25, 0.3) is 5.91 Å². The first-order chi connectivity index (χ1) is 18.9. The molecule has 7 nitrogen and oxygen atoms in total. The minimum absolute atomic E-state index is 0.0282. The lowest BCUT2D eigenvalue weighted by Crippen LogP contribution is -2.35. The van der Waals surface area contributed by atoms with E-state index in [9.17, 15) is 14.0 Å². The summed E-state index contributed by atoms with van der Waals surface area (Å²) in [6.45, 7) is 3.89. The maximum Gasteiger partial charge on any atom is 0.255 e. The summed E-state index contributed by atoms with van der Waals surface area (Å²) in [4.78, 5) is 31.4. The van der Waals surface area contributed by atoms with Crippen molar-refractivity contribution >= 4 is 17.5 Å². The van der Waals surface area contributed by atoms with Gasteiger partial charge in [-0.2, -0.15) is 0 Å². The fourth-order valence-corrected chi connectivity index (χ4v) is 5.19. The van der Waals surface area contributed by atoms with Crippen LogP contribution in [0.25, 0.3) is 0 Å². The number of halogens is 1. The van der Waals surface area contributed by atoms with Crippen molar-refractivity contribution < 1.29 is 23.5 Å². The summed E-state index contributed by atoms with van der Waals surface area (Å²) in [5, 5.41) is 6.29. The Bertz CT molecular complexity index is 1490. The number of hydrogen-bond donors (Lipinski definition) is 2. The molecule has 200 valence electrons. The van der Waals surface area contributed by atoms with Crippen molar-refractivity contribution in [2.45, 2.75) is 45.6 Å². The molecule has 1 aromatic heterocycles. The normalized spacial score (nSPS) is 16.9. The van der Waals surface area contributed by atoms with Crippen LogP contribution in [-0.4, -0.2) is 23.8 Å². The lowest BCUT2D eigenvalue weighted by molar-refractivity contribution is -0.116. The van der Waals surface area contributed by atoms with Crippen molar-refractivity contribution in [3.05, 3.63) is 106 Å². The quantitative estimate of drug-likeness (QED) is 0.408. The van der Waals surface area contributed by atoms with Gasteiger partial charge >= 0.3 is 0 Å². The fourth-order valence-electron chi connectivity index (χ4n) is 5.19. The summed E-state index contributed by atoms with van der Waals surface area (Å²) in [5.41, 5.74) is 4.98. The van der Waals surface area contributed by atoms with Crippen LogP contribution in [0.2, 0.25) is 0 Å². The maximum atomic E-state index is 13.8. The van der Waals surface area contributed by atoms with Crippen molar-refractivity contribution in [3.8, 4) is 11.5 Å². The highest BCUT2D eigenvalue weighted by atomic mass is 19.1. The largest absolute Gasteiger partial charge is 0.496 e. The second-order valence-electron chi connectivity index (χ2n) is 9.70. The summed E-state index contributed by atoms with van der Waals surface area (Å²) in [5.74, 6) is 0.377. The lowest BCUT2D eigenvalue weighted by atomic mass is 9.74. The van der Waals surface area contributed by atoms with Gasteiger partial charge in [-0.1, -0.05) is 12.1 Å². The summed E-state index contributed by atoms with van der Waals surface area (Å²) in [6, 6.07) is 15.1. The van der Waals surface area contributed by atoms with Gasteiger partial charge in [0.05, 0.1) is 7.11 Å². The van der Waals surface area contributed by atoms with Crippen LogP contribution in [0.4, 0.5) is 10.2 Å². The number of anilines is 1. The van der Waals surface area contributed by atoms with Crippen LogP contribution < -0.4 is 20.1 Å². The molecule has 0 spiro atoms. The number of Topliss-reactive ketones (excluding diaryl/α,β-unsaturated/α-hetero) is 1. The summed E-state index contributed by atoms with van der Waals surface area (Å²) in [7, 11) is 1.57. The number of carbonyl (C=O) groups is 2. The zero-order valence-electron chi connectivity index (χ0n) is 22.1. The Balaban J connectivity index is 1.55. The minimum Gasteiger partial charge on any atom is -0.496 e. The molecule has 0 saturated carbocycles. The fraction of sp³-hybridized carbons (Fsp3) is 0.258. The number of ketones is 1. The van der Waals surface area contributed by atoms with Crippen LogP contribution in [0, 0.1) is 12.7 Å². The maximum absolute atomic E-state index is 13.8. The zero-order valence-corrected chi connectivity index (χ0v) is 22.1. The molecule has 0 fully saturated rings. The average molecular weight is 528 g/mol. The number of allylic oxidation sites excluding steroid dienone is 3.